The Hall–Kier alpha value is -3.52. The zero-order chi connectivity index (χ0) is 24.7. The predicted octanol–water partition coefficient (Wildman–Crippen LogP) is 8.45. The van der Waals surface area contributed by atoms with Gasteiger partial charge in [-0.25, -0.2) is 0 Å². The van der Waals surface area contributed by atoms with Crippen molar-refractivity contribution < 1.29 is 0 Å². The van der Waals surface area contributed by atoms with Gasteiger partial charge in [0.05, 0.1) is 0 Å². The van der Waals surface area contributed by atoms with Crippen LogP contribution in [0.25, 0.3) is 33.4 Å². The van der Waals surface area contributed by atoms with Crippen LogP contribution >= 0.6 is 0 Å². The third-order valence-corrected chi connectivity index (χ3v) is 6.47. The standard InChI is InChI=1S/C32H36N2/c1-31(2,3)26-13-9-7-11-24(26)29-23(21-15-17-22(33)18-16-21)19-20-28(34)30(29)25-12-8-10-14-27(25)32(4,5)6/h7-20H,33-34H2,1-6H3. The van der Waals surface area contributed by atoms with E-state index < -0.39 is 0 Å². The molecule has 0 saturated carbocycles. The Balaban J connectivity index is 2.18. The van der Waals surface area contributed by atoms with Gasteiger partial charge >= 0.3 is 0 Å². The first kappa shape index (κ1) is 23.6. The lowest BCUT2D eigenvalue weighted by molar-refractivity contribution is 0.591. The number of anilines is 2. The Kier molecular flexibility index (Phi) is 6.03. The summed E-state index contributed by atoms with van der Waals surface area (Å²) in [5.41, 5.74) is 23.9. The molecule has 4 aromatic carbocycles. The van der Waals surface area contributed by atoms with Crippen LogP contribution in [0.5, 0.6) is 0 Å². The van der Waals surface area contributed by atoms with Gasteiger partial charge in [0.2, 0.25) is 0 Å². The zero-order valence-electron chi connectivity index (χ0n) is 21.2. The minimum atomic E-state index is -0.0274. The summed E-state index contributed by atoms with van der Waals surface area (Å²) in [6, 6.07) is 29.7. The van der Waals surface area contributed by atoms with E-state index in [1.165, 1.54) is 27.8 Å². The van der Waals surface area contributed by atoms with Crippen molar-refractivity contribution in [3.05, 3.63) is 96.1 Å². The molecule has 0 spiro atoms. The Bertz CT molecular complexity index is 1320. The minimum absolute atomic E-state index is 0.0267. The fourth-order valence-corrected chi connectivity index (χ4v) is 4.80. The Morgan fingerprint density at radius 1 is 0.471 bits per heavy atom. The Morgan fingerprint density at radius 3 is 1.44 bits per heavy atom. The molecule has 0 saturated heterocycles. The van der Waals surface area contributed by atoms with Crippen molar-refractivity contribution in [3.63, 3.8) is 0 Å². The molecule has 0 radical (unpaired) electrons. The molecule has 174 valence electrons. The third kappa shape index (κ3) is 4.46. The highest BCUT2D eigenvalue weighted by atomic mass is 14.6. The molecule has 0 aliphatic heterocycles. The molecule has 4 N–H and O–H groups in total. The van der Waals surface area contributed by atoms with Crippen molar-refractivity contribution in [2.45, 2.75) is 52.4 Å². The van der Waals surface area contributed by atoms with Crippen LogP contribution in [0.3, 0.4) is 0 Å². The Labute approximate surface area is 204 Å². The maximum atomic E-state index is 6.81. The molecule has 2 nitrogen and oxygen atoms in total. The average molecular weight is 449 g/mol. The molecule has 34 heavy (non-hydrogen) atoms. The molecule has 4 aromatic rings. The molecule has 0 aromatic heterocycles. The summed E-state index contributed by atoms with van der Waals surface area (Å²) in [6.07, 6.45) is 0. The van der Waals surface area contributed by atoms with Gasteiger partial charge in [-0.1, -0.05) is 108 Å². The van der Waals surface area contributed by atoms with Crippen molar-refractivity contribution in [1.82, 2.24) is 0 Å². The topological polar surface area (TPSA) is 52.0 Å². The van der Waals surface area contributed by atoms with Crippen LogP contribution in [-0.2, 0) is 10.8 Å². The largest absolute Gasteiger partial charge is 0.399 e. The average Bonchev–Trinajstić information content (AvgIpc) is 2.78. The fraction of sp³-hybridized carbons (Fsp3) is 0.250. The molecule has 0 amide bonds. The van der Waals surface area contributed by atoms with Crippen LogP contribution in [0.1, 0.15) is 52.7 Å². The van der Waals surface area contributed by atoms with Gasteiger partial charge in [0.15, 0.2) is 0 Å². The van der Waals surface area contributed by atoms with Gasteiger partial charge < -0.3 is 11.5 Å². The normalized spacial score (nSPS) is 12.1. The maximum Gasteiger partial charge on any atom is 0.0400 e. The van der Waals surface area contributed by atoms with E-state index in [1.807, 2.05) is 18.2 Å². The SMILES string of the molecule is CC(C)(C)c1ccccc1-c1c(N)ccc(-c2ccc(N)cc2)c1-c1ccccc1C(C)(C)C. The monoisotopic (exact) mass is 448 g/mol. The molecule has 0 bridgehead atoms. The summed E-state index contributed by atoms with van der Waals surface area (Å²) < 4.78 is 0. The smallest absolute Gasteiger partial charge is 0.0400 e. The summed E-state index contributed by atoms with van der Waals surface area (Å²) in [5, 5.41) is 0. The number of hydrogen-bond acceptors (Lipinski definition) is 2. The lowest BCUT2D eigenvalue weighted by Crippen LogP contribution is -2.15. The second-order valence-corrected chi connectivity index (χ2v) is 11.2. The van der Waals surface area contributed by atoms with Crippen molar-refractivity contribution in [2.24, 2.45) is 0 Å². The van der Waals surface area contributed by atoms with Crippen LogP contribution in [0.4, 0.5) is 11.4 Å². The van der Waals surface area contributed by atoms with E-state index in [0.717, 1.165) is 28.1 Å². The highest BCUT2D eigenvalue weighted by molar-refractivity contribution is 6.01. The highest BCUT2D eigenvalue weighted by Crippen LogP contribution is 2.48. The van der Waals surface area contributed by atoms with Crippen LogP contribution in [0.2, 0.25) is 0 Å². The molecule has 0 fully saturated rings. The summed E-state index contributed by atoms with van der Waals surface area (Å²) in [5.74, 6) is 0. The van der Waals surface area contributed by atoms with E-state index in [1.54, 1.807) is 0 Å². The van der Waals surface area contributed by atoms with Crippen LogP contribution in [0, 0.1) is 0 Å². The number of nitrogens with two attached hydrogens (primary N) is 2. The van der Waals surface area contributed by atoms with Gasteiger partial charge in [-0.05, 0) is 68.0 Å². The number of hydrogen-bond donors (Lipinski definition) is 2. The second kappa shape index (κ2) is 8.68. The van der Waals surface area contributed by atoms with Gasteiger partial charge in [-0.15, -0.1) is 0 Å². The molecule has 0 unspecified atom stereocenters. The molecule has 0 aliphatic rings. The molecular formula is C32H36N2. The van der Waals surface area contributed by atoms with Crippen molar-refractivity contribution in [3.8, 4) is 33.4 Å². The molecular weight excluding hydrogens is 412 g/mol. The number of nitrogen functional groups attached to an aromatic ring is 2. The first-order valence-electron chi connectivity index (χ1n) is 12.0. The quantitative estimate of drug-likeness (QED) is 0.309. The van der Waals surface area contributed by atoms with Gasteiger partial charge in [0.25, 0.3) is 0 Å². The van der Waals surface area contributed by atoms with Gasteiger partial charge in [-0.2, -0.15) is 0 Å². The maximum absolute atomic E-state index is 6.81. The van der Waals surface area contributed by atoms with Crippen LogP contribution < -0.4 is 11.5 Å². The predicted molar refractivity (Wildman–Crippen MR) is 149 cm³/mol. The molecule has 0 heterocycles. The molecule has 0 atom stereocenters. The summed E-state index contributed by atoms with van der Waals surface area (Å²) in [6.45, 7) is 13.6. The molecule has 4 rings (SSSR count). The first-order chi connectivity index (χ1) is 16.0. The minimum Gasteiger partial charge on any atom is -0.399 e. The number of benzene rings is 4. The summed E-state index contributed by atoms with van der Waals surface area (Å²) in [4.78, 5) is 0. The third-order valence-electron chi connectivity index (χ3n) is 6.47. The van der Waals surface area contributed by atoms with Gasteiger partial charge in [0, 0.05) is 16.9 Å². The van der Waals surface area contributed by atoms with E-state index in [0.29, 0.717) is 0 Å². The first-order valence-corrected chi connectivity index (χ1v) is 12.0. The van der Waals surface area contributed by atoms with E-state index >= 15 is 0 Å². The van der Waals surface area contributed by atoms with Crippen LogP contribution in [0.15, 0.2) is 84.9 Å². The van der Waals surface area contributed by atoms with Crippen molar-refractivity contribution in [2.75, 3.05) is 11.5 Å². The van der Waals surface area contributed by atoms with E-state index in [9.17, 15) is 0 Å². The van der Waals surface area contributed by atoms with E-state index in [4.69, 9.17) is 11.5 Å². The fourth-order valence-electron chi connectivity index (χ4n) is 4.80. The summed E-state index contributed by atoms with van der Waals surface area (Å²) >= 11 is 0. The van der Waals surface area contributed by atoms with E-state index in [2.05, 4.69) is 108 Å². The van der Waals surface area contributed by atoms with E-state index in [-0.39, 0.29) is 10.8 Å². The van der Waals surface area contributed by atoms with Crippen LogP contribution in [-0.4, -0.2) is 0 Å². The second-order valence-electron chi connectivity index (χ2n) is 11.2. The zero-order valence-corrected chi connectivity index (χ0v) is 21.2. The lowest BCUT2D eigenvalue weighted by Gasteiger charge is -2.29. The lowest BCUT2D eigenvalue weighted by atomic mass is 9.75. The molecule has 2 heteroatoms. The highest BCUT2D eigenvalue weighted by Gasteiger charge is 2.26. The molecule has 0 aliphatic carbocycles. The van der Waals surface area contributed by atoms with Gasteiger partial charge in [0.1, 0.15) is 0 Å². The summed E-state index contributed by atoms with van der Waals surface area (Å²) in [7, 11) is 0. The van der Waals surface area contributed by atoms with Crippen molar-refractivity contribution in [1.29, 1.82) is 0 Å². The van der Waals surface area contributed by atoms with Crippen molar-refractivity contribution >= 4 is 11.4 Å². The van der Waals surface area contributed by atoms with Gasteiger partial charge in [-0.3, -0.25) is 0 Å². The number of rotatable bonds is 3. The Morgan fingerprint density at radius 2 is 0.941 bits per heavy atom.